The Bertz CT molecular complexity index is 493. The first-order valence-corrected chi connectivity index (χ1v) is 4.55. The monoisotopic (exact) mass is 208 g/mol. The first-order chi connectivity index (χ1) is 6.76. The van der Waals surface area contributed by atoms with Gasteiger partial charge in [-0.3, -0.25) is 4.79 Å². The van der Waals surface area contributed by atoms with Crippen LogP contribution in [0.15, 0.2) is 18.2 Å². The lowest BCUT2D eigenvalue weighted by molar-refractivity contribution is 0.112. The van der Waals surface area contributed by atoms with Crippen molar-refractivity contribution in [1.82, 2.24) is 9.55 Å². The molecule has 72 valence electrons. The standard InChI is InChI=1S/C9H9N2O2P/c1-13-6-2-3-7-8(5-12)10-11(14)9(7)4-6/h2-5H,14H2,1H3. The number of methoxy groups -OCH3 is 1. The molecule has 0 N–H and O–H groups in total. The van der Waals surface area contributed by atoms with Crippen molar-refractivity contribution in [2.45, 2.75) is 0 Å². The third-order valence-electron chi connectivity index (χ3n) is 2.05. The number of ether oxygens (including phenoxy) is 1. The largest absolute Gasteiger partial charge is 0.497 e. The molecule has 0 aliphatic rings. The van der Waals surface area contributed by atoms with Crippen LogP contribution < -0.4 is 4.74 Å². The van der Waals surface area contributed by atoms with Crippen LogP contribution in [0.25, 0.3) is 10.9 Å². The molecule has 0 spiro atoms. The predicted molar refractivity (Wildman–Crippen MR) is 56.8 cm³/mol. The zero-order chi connectivity index (χ0) is 10.1. The lowest BCUT2D eigenvalue weighted by Crippen LogP contribution is -1.84. The third kappa shape index (κ3) is 1.28. The highest BCUT2D eigenvalue weighted by Gasteiger charge is 2.07. The number of nitrogens with zero attached hydrogens (tertiary/aromatic N) is 2. The van der Waals surface area contributed by atoms with Gasteiger partial charge in [-0.1, -0.05) is 0 Å². The summed E-state index contributed by atoms with van der Waals surface area (Å²) < 4.78 is 6.67. The van der Waals surface area contributed by atoms with Crippen molar-refractivity contribution < 1.29 is 9.53 Å². The highest BCUT2D eigenvalue weighted by atomic mass is 31.0. The normalized spacial score (nSPS) is 10.4. The van der Waals surface area contributed by atoms with Gasteiger partial charge in [0.15, 0.2) is 6.29 Å². The van der Waals surface area contributed by atoms with Crippen molar-refractivity contribution in [3.63, 3.8) is 0 Å². The highest BCUT2D eigenvalue weighted by molar-refractivity contribution is 7.14. The van der Waals surface area contributed by atoms with Gasteiger partial charge in [0.25, 0.3) is 0 Å². The number of aldehydes is 1. The van der Waals surface area contributed by atoms with E-state index in [1.807, 2.05) is 18.2 Å². The molecular formula is C9H9N2O2P. The maximum Gasteiger partial charge on any atom is 0.170 e. The van der Waals surface area contributed by atoms with Crippen LogP contribution in [0.4, 0.5) is 0 Å². The van der Waals surface area contributed by atoms with Gasteiger partial charge in [0, 0.05) is 11.5 Å². The van der Waals surface area contributed by atoms with E-state index in [1.54, 1.807) is 11.6 Å². The van der Waals surface area contributed by atoms with E-state index in [-0.39, 0.29) is 0 Å². The number of rotatable bonds is 2. The second-order valence-corrected chi connectivity index (χ2v) is 3.32. The van der Waals surface area contributed by atoms with E-state index in [9.17, 15) is 4.79 Å². The van der Waals surface area contributed by atoms with Crippen LogP contribution in [0.1, 0.15) is 10.5 Å². The van der Waals surface area contributed by atoms with Crippen LogP contribution >= 0.6 is 9.39 Å². The van der Waals surface area contributed by atoms with Crippen molar-refractivity contribution >= 4 is 26.6 Å². The van der Waals surface area contributed by atoms with Crippen LogP contribution in [0.3, 0.4) is 0 Å². The van der Waals surface area contributed by atoms with Gasteiger partial charge in [-0.2, -0.15) is 5.10 Å². The van der Waals surface area contributed by atoms with Crippen LogP contribution in [0, 0.1) is 0 Å². The summed E-state index contributed by atoms with van der Waals surface area (Å²) in [5.74, 6) is 0.749. The maximum absolute atomic E-state index is 10.7. The molecule has 0 aliphatic heterocycles. The molecule has 2 rings (SSSR count). The van der Waals surface area contributed by atoms with Gasteiger partial charge in [0.2, 0.25) is 0 Å². The van der Waals surface area contributed by atoms with Crippen molar-refractivity contribution in [2.75, 3.05) is 7.11 Å². The van der Waals surface area contributed by atoms with E-state index in [2.05, 4.69) is 14.5 Å². The van der Waals surface area contributed by atoms with Crippen molar-refractivity contribution in [2.24, 2.45) is 0 Å². The summed E-state index contributed by atoms with van der Waals surface area (Å²) in [6, 6.07) is 5.47. The number of hydrogen-bond donors (Lipinski definition) is 0. The summed E-state index contributed by atoms with van der Waals surface area (Å²) in [6.07, 6.45) is 0.745. The molecule has 0 saturated carbocycles. The Balaban J connectivity index is 2.76. The molecule has 4 nitrogen and oxygen atoms in total. The quantitative estimate of drug-likeness (QED) is 0.554. The molecule has 0 saturated heterocycles. The van der Waals surface area contributed by atoms with Gasteiger partial charge in [-0.05, 0) is 21.5 Å². The number of aromatic nitrogens is 2. The average molecular weight is 208 g/mol. The minimum atomic E-state index is 0.442. The van der Waals surface area contributed by atoms with Crippen LogP contribution in [-0.2, 0) is 0 Å². The minimum Gasteiger partial charge on any atom is -0.497 e. The molecule has 14 heavy (non-hydrogen) atoms. The van der Waals surface area contributed by atoms with Gasteiger partial charge in [-0.15, -0.1) is 0 Å². The number of benzene rings is 1. The maximum atomic E-state index is 10.7. The molecule has 1 aromatic heterocycles. The third-order valence-corrected chi connectivity index (χ3v) is 2.45. The number of hydrogen-bond acceptors (Lipinski definition) is 3. The smallest absolute Gasteiger partial charge is 0.170 e. The molecule has 0 bridgehead atoms. The van der Waals surface area contributed by atoms with Crippen molar-refractivity contribution in [3.8, 4) is 5.75 Å². The van der Waals surface area contributed by atoms with Gasteiger partial charge < -0.3 is 4.74 Å². The van der Waals surface area contributed by atoms with E-state index in [1.165, 1.54) is 0 Å². The molecule has 0 radical (unpaired) electrons. The molecule has 0 aliphatic carbocycles. The lowest BCUT2D eigenvalue weighted by Gasteiger charge is -1.99. The molecule has 1 atom stereocenters. The van der Waals surface area contributed by atoms with Gasteiger partial charge in [0.1, 0.15) is 11.4 Å². The number of carbonyl (C=O) groups is 1. The zero-order valence-corrected chi connectivity index (χ0v) is 8.75. The Morgan fingerprint density at radius 2 is 2.36 bits per heavy atom. The molecule has 1 aromatic carbocycles. The summed E-state index contributed by atoms with van der Waals surface area (Å²) in [4.78, 5) is 10.7. The van der Waals surface area contributed by atoms with Crippen LogP contribution in [0.5, 0.6) is 5.75 Å². The van der Waals surface area contributed by atoms with E-state index < -0.39 is 0 Å². The number of carbonyl (C=O) groups excluding carboxylic acids is 1. The van der Waals surface area contributed by atoms with Crippen molar-refractivity contribution in [3.05, 3.63) is 23.9 Å². The SMILES string of the molecule is COc1ccc2c(C=O)nn(P)c2c1. The Hall–Kier alpha value is -1.41. The molecule has 1 heterocycles. The van der Waals surface area contributed by atoms with Crippen molar-refractivity contribution in [1.29, 1.82) is 0 Å². The van der Waals surface area contributed by atoms with Crippen LogP contribution in [0.2, 0.25) is 0 Å². The second kappa shape index (κ2) is 3.39. The molecular weight excluding hydrogens is 199 g/mol. The number of fused-ring (bicyclic) bond motifs is 1. The van der Waals surface area contributed by atoms with E-state index in [0.717, 1.165) is 22.9 Å². The Morgan fingerprint density at radius 1 is 1.57 bits per heavy atom. The molecule has 0 amide bonds. The first-order valence-electron chi connectivity index (χ1n) is 4.03. The van der Waals surface area contributed by atoms with Gasteiger partial charge >= 0.3 is 0 Å². The van der Waals surface area contributed by atoms with Gasteiger partial charge in [-0.25, -0.2) is 4.45 Å². The molecule has 5 heteroatoms. The molecule has 1 unspecified atom stereocenters. The lowest BCUT2D eigenvalue weighted by atomic mass is 10.2. The summed E-state index contributed by atoms with van der Waals surface area (Å²) >= 11 is 0. The summed E-state index contributed by atoms with van der Waals surface area (Å²) in [7, 11) is 4.03. The van der Waals surface area contributed by atoms with E-state index in [4.69, 9.17) is 4.74 Å². The second-order valence-electron chi connectivity index (χ2n) is 2.83. The summed E-state index contributed by atoms with van der Waals surface area (Å²) in [5.41, 5.74) is 1.30. The Labute approximate surface area is 83.1 Å². The minimum absolute atomic E-state index is 0.442. The summed E-state index contributed by atoms with van der Waals surface area (Å²) in [6.45, 7) is 0. The van der Waals surface area contributed by atoms with E-state index >= 15 is 0 Å². The summed E-state index contributed by atoms with van der Waals surface area (Å²) in [5, 5.41) is 4.87. The zero-order valence-electron chi connectivity index (χ0n) is 7.60. The first kappa shape index (κ1) is 9.16. The van der Waals surface area contributed by atoms with Gasteiger partial charge in [0.05, 0.1) is 12.6 Å². The molecule has 2 aromatic rings. The Kier molecular flexibility index (Phi) is 2.22. The fourth-order valence-electron chi connectivity index (χ4n) is 1.36. The predicted octanol–water partition coefficient (Wildman–Crippen LogP) is 1.50. The fourth-order valence-corrected chi connectivity index (χ4v) is 1.69. The molecule has 0 fully saturated rings. The van der Waals surface area contributed by atoms with Crippen LogP contribution in [-0.4, -0.2) is 22.9 Å². The average Bonchev–Trinajstić information content (AvgIpc) is 2.55. The topological polar surface area (TPSA) is 44.1 Å². The highest BCUT2D eigenvalue weighted by Crippen LogP contribution is 2.23. The Morgan fingerprint density at radius 3 is 3.00 bits per heavy atom. The van der Waals surface area contributed by atoms with E-state index in [0.29, 0.717) is 5.69 Å². The fraction of sp³-hybridized carbons (Fsp3) is 0.111.